The van der Waals surface area contributed by atoms with Crippen molar-refractivity contribution in [2.75, 3.05) is 13.2 Å². The van der Waals surface area contributed by atoms with Crippen LogP contribution in [-0.2, 0) is 9.47 Å². The summed E-state index contributed by atoms with van der Waals surface area (Å²) in [6.45, 7) is 5.58. The molecule has 3 heteroatoms. The van der Waals surface area contributed by atoms with Gasteiger partial charge in [-0.1, -0.05) is 76.7 Å². The number of ether oxygens (including phenoxy) is 2. The van der Waals surface area contributed by atoms with Gasteiger partial charge in [-0.3, -0.25) is 0 Å². The van der Waals surface area contributed by atoms with Gasteiger partial charge in [0.15, 0.2) is 6.29 Å². The Labute approximate surface area is 156 Å². The fraction of sp³-hybridized carbons (Fsp3) is 0.773. The Bertz CT molecular complexity index is 332. The van der Waals surface area contributed by atoms with Crippen molar-refractivity contribution >= 4 is 0 Å². The molecule has 0 aromatic heterocycles. The maximum Gasteiger partial charge on any atom is 0.159 e. The van der Waals surface area contributed by atoms with Crippen LogP contribution in [0.15, 0.2) is 24.3 Å². The molecule has 0 aliphatic heterocycles. The average molecular weight is 350 g/mol. The van der Waals surface area contributed by atoms with Gasteiger partial charge in [-0.2, -0.15) is 5.26 Å². The van der Waals surface area contributed by atoms with E-state index < -0.39 is 0 Å². The van der Waals surface area contributed by atoms with Crippen LogP contribution in [0.4, 0.5) is 0 Å². The molecule has 0 saturated heterocycles. The Hall–Kier alpha value is -1.11. The summed E-state index contributed by atoms with van der Waals surface area (Å²) in [5.41, 5.74) is 0. The standard InChI is InChI=1S/C22H39NO2/c1-3-5-7-9-11-13-15-20-24-22(18-17-19-23)25-21-16-14-12-10-8-6-4-2/h13-16,22H,3-12,17-18,20-21H2,1-2H3/b15-13-,16-14-. The van der Waals surface area contributed by atoms with Gasteiger partial charge >= 0.3 is 0 Å². The molecule has 3 nitrogen and oxygen atoms in total. The molecule has 0 amide bonds. The fourth-order valence-corrected chi connectivity index (χ4v) is 2.47. The van der Waals surface area contributed by atoms with E-state index in [0.717, 1.165) is 12.8 Å². The van der Waals surface area contributed by atoms with Crippen molar-refractivity contribution < 1.29 is 9.47 Å². The van der Waals surface area contributed by atoms with Crippen LogP contribution < -0.4 is 0 Å². The molecule has 144 valence electrons. The summed E-state index contributed by atoms with van der Waals surface area (Å²) in [5.74, 6) is 0. The number of hydrogen-bond acceptors (Lipinski definition) is 3. The lowest BCUT2D eigenvalue weighted by atomic mass is 10.1. The lowest BCUT2D eigenvalue weighted by Gasteiger charge is -2.15. The molecule has 0 bridgehead atoms. The van der Waals surface area contributed by atoms with Crippen LogP contribution in [0.5, 0.6) is 0 Å². The minimum absolute atomic E-state index is 0.283. The summed E-state index contributed by atoms with van der Waals surface area (Å²) in [5, 5.41) is 8.75. The zero-order chi connectivity index (χ0) is 18.4. The minimum Gasteiger partial charge on any atom is -0.349 e. The van der Waals surface area contributed by atoms with Crippen LogP contribution in [0.25, 0.3) is 0 Å². The van der Waals surface area contributed by atoms with Crippen molar-refractivity contribution in [2.24, 2.45) is 0 Å². The van der Waals surface area contributed by atoms with Gasteiger partial charge in [-0.05, 0) is 25.7 Å². The summed E-state index contributed by atoms with van der Waals surface area (Å²) >= 11 is 0. The molecule has 0 aromatic rings. The molecule has 0 spiro atoms. The second kappa shape index (κ2) is 20.9. The number of nitrogens with zero attached hydrogens (tertiary/aromatic N) is 1. The summed E-state index contributed by atoms with van der Waals surface area (Å²) < 4.78 is 11.5. The molecule has 0 rings (SSSR count). The van der Waals surface area contributed by atoms with Crippen molar-refractivity contribution in [3.05, 3.63) is 24.3 Å². The maximum absolute atomic E-state index is 8.75. The molecule has 0 N–H and O–H groups in total. The summed E-state index contributed by atoms with van der Waals surface area (Å²) in [6, 6.07) is 2.16. The second-order valence-electron chi connectivity index (χ2n) is 6.43. The molecule has 0 aliphatic carbocycles. The molecule has 0 unspecified atom stereocenters. The van der Waals surface area contributed by atoms with Gasteiger partial charge in [0.1, 0.15) is 0 Å². The third-order valence-corrected chi connectivity index (χ3v) is 4.03. The number of nitriles is 1. The van der Waals surface area contributed by atoms with E-state index in [1.54, 1.807) is 0 Å². The van der Waals surface area contributed by atoms with Crippen molar-refractivity contribution in [3.63, 3.8) is 0 Å². The molecular formula is C22H39NO2. The van der Waals surface area contributed by atoms with Gasteiger partial charge in [0.25, 0.3) is 0 Å². The topological polar surface area (TPSA) is 42.2 Å². The molecule has 0 heterocycles. The number of hydrogen-bond donors (Lipinski definition) is 0. The van der Waals surface area contributed by atoms with E-state index in [4.69, 9.17) is 14.7 Å². The Balaban J connectivity index is 3.79. The lowest BCUT2D eigenvalue weighted by Crippen LogP contribution is -2.17. The highest BCUT2D eigenvalue weighted by Crippen LogP contribution is 2.07. The molecule has 0 aromatic carbocycles. The Morgan fingerprint density at radius 3 is 1.72 bits per heavy atom. The molecule has 0 saturated carbocycles. The van der Waals surface area contributed by atoms with Gasteiger partial charge in [0, 0.05) is 12.8 Å². The van der Waals surface area contributed by atoms with Crippen molar-refractivity contribution in [1.82, 2.24) is 0 Å². The van der Waals surface area contributed by atoms with E-state index in [-0.39, 0.29) is 6.29 Å². The number of rotatable bonds is 18. The Morgan fingerprint density at radius 1 is 0.760 bits per heavy atom. The van der Waals surface area contributed by atoms with E-state index in [9.17, 15) is 0 Å². The van der Waals surface area contributed by atoms with Gasteiger partial charge in [0.2, 0.25) is 0 Å². The largest absolute Gasteiger partial charge is 0.349 e. The first-order valence-corrected chi connectivity index (χ1v) is 10.2. The van der Waals surface area contributed by atoms with Gasteiger partial charge < -0.3 is 9.47 Å². The Kier molecular flexibility index (Phi) is 20.0. The first-order chi connectivity index (χ1) is 12.3. The van der Waals surface area contributed by atoms with E-state index in [0.29, 0.717) is 26.1 Å². The second-order valence-corrected chi connectivity index (χ2v) is 6.43. The average Bonchev–Trinajstić information content (AvgIpc) is 2.63. The third-order valence-electron chi connectivity index (χ3n) is 4.03. The van der Waals surface area contributed by atoms with Crippen LogP contribution in [0.2, 0.25) is 0 Å². The zero-order valence-electron chi connectivity index (χ0n) is 16.5. The number of allylic oxidation sites excluding steroid dienone is 2. The van der Waals surface area contributed by atoms with Crippen molar-refractivity contribution in [3.8, 4) is 6.07 Å². The van der Waals surface area contributed by atoms with Gasteiger partial charge in [0.05, 0.1) is 19.3 Å². The molecule has 0 aliphatic rings. The van der Waals surface area contributed by atoms with Crippen molar-refractivity contribution in [1.29, 1.82) is 5.26 Å². The van der Waals surface area contributed by atoms with Gasteiger partial charge in [-0.15, -0.1) is 0 Å². The quantitative estimate of drug-likeness (QED) is 0.157. The Morgan fingerprint density at radius 2 is 1.28 bits per heavy atom. The highest BCUT2D eigenvalue weighted by molar-refractivity contribution is 4.83. The molecule has 0 atom stereocenters. The first kappa shape index (κ1) is 23.9. The van der Waals surface area contributed by atoms with Crippen LogP contribution >= 0.6 is 0 Å². The number of unbranched alkanes of at least 4 members (excludes halogenated alkanes) is 8. The maximum atomic E-state index is 8.75. The monoisotopic (exact) mass is 349 g/mol. The molecule has 0 fully saturated rings. The highest BCUT2D eigenvalue weighted by atomic mass is 16.7. The van der Waals surface area contributed by atoms with Crippen LogP contribution in [0.3, 0.4) is 0 Å². The van der Waals surface area contributed by atoms with E-state index in [2.05, 4.69) is 44.2 Å². The normalized spacial score (nSPS) is 11.8. The van der Waals surface area contributed by atoms with Crippen LogP contribution in [-0.4, -0.2) is 19.5 Å². The molecule has 0 radical (unpaired) electrons. The summed E-state index contributed by atoms with van der Waals surface area (Å²) in [7, 11) is 0. The smallest absolute Gasteiger partial charge is 0.159 e. The van der Waals surface area contributed by atoms with Gasteiger partial charge in [-0.25, -0.2) is 0 Å². The predicted octanol–water partition coefficient (Wildman–Crippen LogP) is 6.70. The van der Waals surface area contributed by atoms with Crippen LogP contribution in [0.1, 0.15) is 90.9 Å². The first-order valence-electron chi connectivity index (χ1n) is 10.2. The lowest BCUT2D eigenvalue weighted by molar-refractivity contribution is -0.129. The third kappa shape index (κ3) is 19.1. The zero-order valence-corrected chi connectivity index (χ0v) is 16.5. The summed E-state index contributed by atoms with van der Waals surface area (Å²) in [6.07, 6.45) is 21.9. The van der Waals surface area contributed by atoms with E-state index >= 15 is 0 Å². The minimum atomic E-state index is -0.283. The molecular weight excluding hydrogens is 310 g/mol. The SMILES string of the molecule is CCCCCC/C=C\COC(CCC#N)OC/C=C\CCCCCC. The molecule has 25 heavy (non-hydrogen) atoms. The van der Waals surface area contributed by atoms with E-state index in [1.807, 2.05) is 0 Å². The van der Waals surface area contributed by atoms with Crippen molar-refractivity contribution in [2.45, 2.75) is 97.2 Å². The van der Waals surface area contributed by atoms with Crippen LogP contribution in [0, 0.1) is 11.3 Å². The predicted molar refractivity (Wildman–Crippen MR) is 106 cm³/mol. The summed E-state index contributed by atoms with van der Waals surface area (Å²) in [4.78, 5) is 0. The highest BCUT2D eigenvalue weighted by Gasteiger charge is 2.07. The fourth-order valence-electron chi connectivity index (χ4n) is 2.47. The van der Waals surface area contributed by atoms with E-state index in [1.165, 1.54) is 51.4 Å².